The number of Topliss-reactive ketones (excluding diaryl/α,β-unsaturated/α-hetero) is 1. The van der Waals surface area contributed by atoms with Gasteiger partial charge < -0.3 is 5.32 Å². The first-order chi connectivity index (χ1) is 13.0. The first-order valence-electron chi connectivity index (χ1n) is 7.94. The number of amides is 1. The Balaban J connectivity index is 1.62. The van der Waals surface area contributed by atoms with Crippen molar-refractivity contribution >= 4 is 40.5 Å². The third-order valence-electron chi connectivity index (χ3n) is 3.68. The second-order valence-corrected chi connectivity index (χ2v) is 6.78. The highest BCUT2D eigenvalue weighted by molar-refractivity contribution is 8.15. The van der Waals surface area contributed by atoms with Gasteiger partial charge in [0.1, 0.15) is 0 Å². The zero-order chi connectivity index (χ0) is 19.2. The Kier molecular flexibility index (Phi) is 5.72. The van der Waals surface area contributed by atoms with Gasteiger partial charge in [-0.05, 0) is 0 Å². The maximum absolute atomic E-state index is 12.2. The number of hydrogen-bond acceptors (Lipinski definition) is 7. The average Bonchev–Trinajstić information content (AvgIpc) is 3.02. The zero-order valence-corrected chi connectivity index (χ0v) is 14.8. The van der Waals surface area contributed by atoms with Crippen LogP contribution < -0.4 is 5.32 Å². The predicted molar refractivity (Wildman–Crippen MR) is 103 cm³/mol. The van der Waals surface area contributed by atoms with Crippen LogP contribution in [0.4, 0.5) is 5.69 Å². The number of nitrogens with zero attached hydrogens (tertiary/aromatic N) is 3. The van der Waals surface area contributed by atoms with Crippen molar-refractivity contribution in [3.63, 3.8) is 0 Å². The largest absolute Gasteiger partial charge is 0.303 e. The van der Waals surface area contributed by atoms with E-state index in [-0.39, 0.29) is 29.0 Å². The fourth-order valence-electron chi connectivity index (χ4n) is 2.36. The fraction of sp³-hybridized carbons (Fsp3) is 0.111. The van der Waals surface area contributed by atoms with Crippen molar-refractivity contribution in [2.45, 2.75) is 11.7 Å². The number of nitrogens with one attached hydrogen (secondary N) is 1. The summed E-state index contributed by atoms with van der Waals surface area (Å²) >= 11 is 1.13. The van der Waals surface area contributed by atoms with Crippen LogP contribution in [0.5, 0.6) is 0 Å². The van der Waals surface area contributed by atoms with Crippen molar-refractivity contribution in [2.75, 3.05) is 0 Å². The Labute approximate surface area is 158 Å². The summed E-state index contributed by atoms with van der Waals surface area (Å²) in [5, 5.41) is 20.8. The molecule has 1 heterocycles. The molecule has 1 amide bonds. The number of nitro benzene ring substituents is 1. The maximum Gasteiger partial charge on any atom is 0.270 e. The van der Waals surface area contributed by atoms with Crippen LogP contribution in [-0.2, 0) is 4.79 Å². The Bertz CT molecular complexity index is 943. The molecule has 9 heteroatoms. The Morgan fingerprint density at radius 2 is 2.00 bits per heavy atom. The number of nitro groups is 1. The van der Waals surface area contributed by atoms with E-state index in [0.717, 1.165) is 11.8 Å². The van der Waals surface area contributed by atoms with Crippen LogP contribution in [0.3, 0.4) is 0 Å². The number of non-ortho nitro benzene ring substituents is 1. The molecule has 2 aromatic carbocycles. The van der Waals surface area contributed by atoms with Crippen LogP contribution in [0.15, 0.2) is 64.8 Å². The molecule has 0 aliphatic carbocycles. The molecule has 0 spiro atoms. The highest BCUT2D eigenvalue weighted by Crippen LogP contribution is 2.24. The van der Waals surface area contributed by atoms with E-state index in [2.05, 4.69) is 15.5 Å². The molecule has 2 aromatic rings. The standard InChI is InChI=1S/C18H14N4O4S/c23-15(13-6-2-1-3-7-13)10-16-17(24)20-18(27-16)21-19-11-12-5-4-8-14(9-12)22(25)26/h1-9,11,16H,10H2,(H,20,21,24)/b19-11-/t16-/m0/s1. The third kappa shape index (κ3) is 4.85. The van der Waals surface area contributed by atoms with E-state index in [4.69, 9.17) is 0 Å². The van der Waals surface area contributed by atoms with E-state index in [1.807, 2.05) is 6.07 Å². The molecular formula is C18H14N4O4S. The summed E-state index contributed by atoms with van der Waals surface area (Å²) in [6.07, 6.45) is 1.42. The molecule has 1 aliphatic rings. The van der Waals surface area contributed by atoms with E-state index in [0.29, 0.717) is 11.1 Å². The lowest BCUT2D eigenvalue weighted by Gasteiger charge is -2.04. The molecule has 1 fully saturated rings. The van der Waals surface area contributed by atoms with E-state index >= 15 is 0 Å². The van der Waals surface area contributed by atoms with Gasteiger partial charge in [0.2, 0.25) is 5.91 Å². The SMILES string of the molecule is O=C(C[C@@H]1S/C(=N/N=C\c2cccc([N+](=O)[O-])c2)NC1=O)c1ccccc1. The van der Waals surface area contributed by atoms with Gasteiger partial charge in [0.15, 0.2) is 11.0 Å². The average molecular weight is 382 g/mol. The number of amidine groups is 1. The van der Waals surface area contributed by atoms with Crippen molar-refractivity contribution in [1.29, 1.82) is 0 Å². The molecule has 1 aliphatic heterocycles. The van der Waals surface area contributed by atoms with Gasteiger partial charge in [0.25, 0.3) is 5.69 Å². The number of carbonyl (C=O) groups is 2. The summed E-state index contributed by atoms with van der Waals surface area (Å²) < 4.78 is 0. The highest BCUT2D eigenvalue weighted by Gasteiger charge is 2.32. The molecule has 0 unspecified atom stereocenters. The van der Waals surface area contributed by atoms with Crippen molar-refractivity contribution in [3.8, 4) is 0 Å². The number of carbonyl (C=O) groups excluding carboxylic acids is 2. The van der Waals surface area contributed by atoms with Crippen molar-refractivity contribution in [1.82, 2.24) is 5.32 Å². The van der Waals surface area contributed by atoms with Crippen LogP contribution in [0.25, 0.3) is 0 Å². The second kappa shape index (κ2) is 8.37. The van der Waals surface area contributed by atoms with Gasteiger partial charge in [-0.2, -0.15) is 5.10 Å². The van der Waals surface area contributed by atoms with E-state index in [1.54, 1.807) is 36.4 Å². The van der Waals surface area contributed by atoms with Crippen LogP contribution in [0.2, 0.25) is 0 Å². The van der Waals surface area contributed by atoms with Gasteiger partial charge >= 0.3 is 0 Å². The summed E-state index contributed by atoms with van der Waals surface area (Å²) in [5.41, 5.74) is 1.02. The summed E-state index contributed by atoms with van der Waals surface area (Å²) in [5.74, 6) is -0.418. The quantitative estimate of drug-likeness (QED) is 0.357. The summed E-state index contributed by atoms with van der Waals surface area (Å²) in [4.78, 5) is 34.5. The number of benzene rings is 2. The molecule has 1 saturated heterocycles. The lowest BCUT2D eigenvalue weighted by Crippen LogP contribution is -2.26. The van der Waals surface area contributed by atoms with Gasteiger partial charge in [0.05, 0.1) is 16.4 Å². The van der Waals surface area contributed by atoms with E-state index < -0.39 is 10.2 Å². The van der Waals surface area contributed by atoms with Crippen LogP contribution in [-0.4, -0.2) is 33.2 Å². The summed E-state index contributed by atoms with van der Waals surface area (Å²) in [7, 11) is 0. The van der Waals surface area contributed by atoms with Gasteiger partial charge in [-0.3, -0.25) is 19.7 Å². The monoisotopic (exact) mass is 382 g/mol. The summed E-state index contributed by atoms with van der Waals surface area (Å²) in [6.45, 7) is 0. The van der Waals surface area contributed by atoms with Crippen molar-refractivity contribution < 1.29 is 14.5 Å². The molecule has 1 atom stereocenters. The maximum atomic E-state index is 12.2. The highest BCUT2D eigenvalue weighted by atomic mass is 32.2. The molecule has 136 valence electrons. The van der Waals surface area contributed by atoms with Crippen molar-refractivity contribution in [2.24, 2.45) is 10.2 Å². The third-order valence-corrected chi connectivity index (χ3v) is 4.75. The lowest BCUT2D eigenvalue weighted by atomic mass is 10.1. The molecule has 1 N–H and O–H groups in total. The molecule has 0 bridgehead atoms. The molecule has 27 heavy (non-hydrogen) atoms. The van der Waals surface area contributed by atoms with Crippen LogP contribution >= 0.6 is 11.8 Å². The molecule has 8 nitrogen and oxygen atoms in total. The Morgan fingerprint density at radius 3 is 2.74 bits per heavy atom. The minimum atomic E-state index is -0.565. The topological polar surface area (TPSA) is 114 Å². The van der Waals surface area contributed by atoms with E-state index in [1.165, 1.54) is 18.3 Å². The van der Waals surface area contributed by atoms with Crippen molar-refractivity contribution in [3.05, 3.63) is 75.8 Å². The molecule has 3 rings (SSSR count). The molecular weight excluding hydrogens is 368 g/mol. The summed E-state index contributed by atoms with van der Waals surface area (Å²) in [6, 6.07) is 14.7. The first-order valence-corrected chi connectivity index (χ1v) is 8.82. The first kappa shape index (κ1) is 18.5. The molecule has 0 radical (unpaired) electrons. The van der Waals surface area contributed by atoms with Gasteiger partial charge in [-0.25, -0.2) is 0 Å². The predicted octanol–water partition coefficient (Wildman–Crippen LogP) is 2.79. The normalized spacial score (nSPS) is 18.0. The van der Waals surface area contributed by atoms with Gasteiger partial charge in [0, 0.05) is 29.7 Å². The van der Waals surface area contributed by atoms with E-state index in [9.17, 15) is 19.7 Å². The lowest BCUT2D eigenvalue weighted by molar-refractivity contribution is -0.384. The minimum absolute atomic E-state index is 0.0466. The second-order valence-electron chi connectivity index (χ2n) is 5.59. The number of ketones is 1. The smallest absolute Gasteiger partial charge is 0.270 e. The number of hydrogen-bond donors (Lipinski definition) is 1. The molecule has 0 aromatic heterocycles. The van der Waals surface area contributed by atoms with Gasteiger partial charge in [-0.15, -0.1) is 5.10 Å². The minimum Gasteiger partial charge on any atom is -0.303 e. The molecule has 0 saturated carbocycles. The fourth-order valence-corrected chi connectivity index (χ4v) is 3.29. The van der Waals surface area contributed by atoms with Crippen LogP contribution in [0, 0.1) is 10.1 Å². The zero-order valence-electron chi connectivity index (χ0n) is 13.9. The number of thioether (sulfide) groups is 1. The van der Waals surface area contributed by atoms with Crippen LogP contribution in [0.1, 0.15) is 22.3 Å². The Hall–Kier alpha value is -3.33. The number of rotatable bonds is 6. The Morgan fingerprint density at radius 1 is 1.22 bits per heavy atom. The van der Waals surface area contributed by atoms with Gasteiger partial charge in [-0.1, -0.05) is 54.2 Å².